The minimum atomic E-state index is -1.07. The lowest BCUT2D eigenvalue weighted by molar-refractivity contribution is -0.174. The number of carbonyl (C=O) groups is 1. The van der Waals surface area contributed by atoms with Gasteiger partial charge in [-0.1, -0.05) is 32.9 Å². The van der Waals surface area contributed by atoms with Gasteiger partial charge in [-0.2, -0.15) is 0 Å². The maximum atomic E-state index is 13.3. The predicted molar refractivity (Wildman–Crippen MR) is 130 cm³/mol. The van der Waals surface area contributed by atoms with Gasteiger partial charge in [-0.3, -0.25) is 4.79 Å². The third-order valence-electron chi connectivity index (χ3n) is 11.3. The summed E-state index contributed by atoms with van der Waals surface area (Å²) in [6.07, 6.45) is 1.74. The number of carbonyl (C=O) groups excluding carboxylic acids is 1. The third-order valence-corrected chi connectivity index (χ3v) is 11.3. The van der Waals surface area contributed by atoms with Crippen LogP contribution in [0.4, 0.5) is 4.39 Å². The zero-order valence-corrected chi connectivity index (χ0v) is 21.1. The lowest BCUT2D eigenvalue weighted by Gasteiger charge is -2.61. The van der Waals surface area contributed by atoms with Crippen LogP contribution in [0.25, 0.3) is 0 Å². The van der Waals surface area contributed by atoms with E-state index in [-0.39, 0.29) is 46.1 Å². The van der Waals surface area contributed by atoms with Gasteiger partial charge in [0.05, 0.1) is 18.3 Å². The number of rotatable bonds is 4. The third kappa shape index (κ3) is 3.91. The second-order valence-corrected chi connectivity index (χ2v) is 12.8. The molecule has 194 valence electrons. The number of halogens is 1. The number of aliphatic hydroxyl groups excluding tert-OH is 4. The Balaban J connectivity index is 1.36. The summed E-state index contributed by atoms with van der Waals surface area (Å²) in [6, 6.07) is 5.67. The molecule has 0 radical (unpaired) electrons. The fourth-order valence-corrected chi connectivity index (χ4v) is 9.36. The van der Waals surface area contributed by atoms with Crippen molar-refractivity contribution in [2.75, 3.05) is 0 Å². The van der Waals surface area contributed by atoms with Crippen molar-refractivity contribution in [1.82, 2.24) is 0 Å². The Hall–Kier alpha value is -1.34. The van der Waals surface area contributed by atoms with E-state index in [0.29, 0.717) is 36.7 Å². The van der Waals surface area contributed by atoms with E-state index in [1.54, 1.807) is 0 Å². The molecule has 1 unspecified atom stereocenters. The van der Waals surface area contributed by atoms with E-state index in [0.717, 1.165) is 25.7 Å². The summed E-state index contributed by atoms with van der Waals surface area (Å²) in [5, 5.41) is 42.8. The van der Waals surface area contributed by atoms with E-state index >= 15 is 0 Å². The van der Waals surface area contributed by atoms with Crippen LogP contribution < -0.4 is 0 Å². The molecule has 0 aliphatic heterocycles. The van der Waals surface area contributed by atoms with Crippen molar-refractivity contribution in [3.63, 3.8) is 0 Å². The Morgan fingerprint density at radius 1 is 0.971 bits per heavy atom. The molecule has 1 aromatic rings. The summed E-state index contributed by atoms with van der Waals surface area (Å²) in [5.41, 5.74) is 0.214. The van der Waals surface area contributed by atoms with Crippen molar-refractivity contribution in [1.29, 1.82) is 0 Å². The van der Waals surface area contributed by atoms with Crippen LogP contribution in [-0.4, -0.2) is 44.5 Å². The first-order valence-corrected chi connectivity index (χ1v) is 13.5. The number of Topliss-reactive ketones (excluding diaryl/α,β-unsaturated/α-hetero) is 1. The Bertz CT molecular complexity index is 951. The molecular weight excluding hydrogens is 447 g/mol. The molecule has 0 bridgehead atoms. The summed E-state index contributed by atoms with van der Waals surface area (Å²) in [4.78, 5) is 13.3. The van der Waals surface area contributed by atoms with Gasteiger partial charge in [-0.05, 0) is 96.6 Å². The number of fused-ring (bicyclic) bond motifs is 5. The molecule has 0 amide bonds. The summed E-state index contributed by atoms with van der Waals surface area (Å²) in [7, 11) is 0. The van der Waals surface area contributed by atoms with Crippen molar-refractivity contribution in [3.05, 3.63) is 35.6 Å². The van der Waals surface area contributed by atoms with Gasteiger partial charge >= 0.3 is 0 Å². The molecule has 4 saturated carbocycles. The molecule has 4 N–H and O–H groups in total. The van der Waals surface area contributed by atoms with Crippen LogP contribution in [0, 0.1) is 52.2 Å². The zero-order chi connectivity index (χ0) is 25.3. The molecule has 5 nitrogen and oxygen atoms in total. The summed E-state index contributed by atoms with van der Waals surface area (Å²) >= 11 is 0. The summed E-state index contributed by atoms with van der Waals surface area (Å²) in [5.74, 6) is 0.769. The lowest BCUT2D eigenvalue weighted by Crippen LogP contribution is -2.59. The highest BCUT2D eigenvalue weighted by Gasteiger charge is 2.63. The number of benzene rings is 1. The van der Waals surface area contributed by atoms with Gasteiger partial charge in [0.15, 0.2) is 0 Å². The molecule has 0 saturated heterocycles. The van der Waals surface area contributed by atoms with Crippen LogP contribution in [0.15, 0.2) is 24.3 Å². The van der Waals surface area contributed by atoms with Gasteiger partial charge in [0, 0.05) is 12.3 Å². The first kappa shape index (κ1) is 25.3. The van der Waals surface area contributed by atoms with E-state index < -0.39 is 24.4 Å². The number of aliphatic hydroxyl groups is 4. The summed E-state index contributed by atoms with van der Waals surface area (Å²) in [6.45, 7) is 6.50. The van der Waals surface area contributed by atoms with Crippen molar-refractivity contribution in [2.24, 2.45) is 46.3 Å². The smallest absolute Gasteiger partial charge is 0.136 e. The highest BCUT2D eigenvalue weighted by molar-refractivity contribution is 5.83. The second-order valence-electron chi connectivity index (χ2n) is 12.8. The van der Waals surface area contributed by atoms with E-state index in [1.165, 1.54) is 24.3 Å². The molecule has 0 aromatic heterocycles. The first-order chi connectivity index (χ1) is 16.5. The van der Waals surface area contributed by atoms with Gasteiger partial charge in [0.2, 0.25) is 0 Å². The van der Waals surface area contributed by atoms with E-state index in [9.17, 15) is 29.6 Å². The fraction of sp³-hybridized carbons (Fsp3) is 0.759. The molecular formula is C29H41FO5. The molecule has 5 rings (SSSR count). The van der Waals surface area contributed by atoms with Crippen molar-refractivity contribution in [2.45, 2.75) is 90.1 Å². The normalized spacial score (nSPS) is 45.7. The Labute approximate surface area is 207 Å². The highest BCUT2D eigenvalue weighted by atomic mass is 19.1. The van der Waals surface area contributed by atoms with E-state index in [4.69, 9.17) is 0 Å². The van der Waals surface area contributed by atoms with Crippen LogP contribution >= 0.6 is 0 Å². The molecule has 6 heteroatoms. The molecule has 0 heterocycles. The Morgan fingerprint density at radius 2 is 1.63 bits per heavy atom. The van der Waals surface area contributed by atoms with E-state index in [1.807, 2.05) is 6.92 Å². The van der Waals surface area contributed by atoms with Gasteiger partial charge in [-0.15, -0.1) is 0 Å². The molecule has 1 aromatic carbocycles. The monoisotopic (exact) mass is 488 g/mol. The number of hydrogen-bond acceptors (Lipinski definition) is 5. The largest absolute Gasteiger partial charge is 0.390 e. The molecule has 12 atom stereocenters. The Kier molecular flexibility index (Phi) is 6.44. The van der Waals surface area contributed by atoms with Gasteiger partial charge in [0.25, 0.3) is 0 Å². The van der Waals surface area contributed by atoms with Crippen LogP contribution in [0.2, 0.25) is 0 Å². The van der Waals surface area contributed by atoms with E-state index in [2.05, 4.69) is 13.8 Å². The van der Waals surface area contributed by atoms with Crippen LogP contribution in [0.3, 0.4) is 0 Å². The molecule has 4 aliphatic rings. The minimum Gasteiger partial charge on any atom is -0.390 e. The maximum absolute atomic E-state index is 13.3. The van der Waals surface area contributed by atoms with Crippen molar-refractivity contribution >= 4 is 5.78 Å². The van der Waals surface area contributed by atoms with Crippen LogP contribution in [0.1, 0.15) is 77.4 Å². The Morgan fingerprint density at radius 3 is 2.31 bits per heavy atom. The average Bonchev–Trinajstić information content (AvgIpc) is 3.17. The molecule has 0 spiro atoms. The average molecular weight is 489 g/mol. The van der Waals surface area contributed by atoms with Gasteiger partial charge < -0.3 is 20.4 Å². The van der Waals surface area contributed by atoms with Gasteiger partial charge in [-0.25, -0.2) is 4.39 Å². The van der Waals surface area contributed by atoms with Crippen LogP contribution in [-0.2, 0) is 4.79 Å². The zero-order valence-electron chi connectivity index (χ0n) is 21.1. The van der Waals surface area contributed by atoms with Crippen molar-refractivity contribution in [3.8, 4) is 0 Å². The molecule has 4 aliphatic carbocycles. The van der Waals surface area contributed by atoms with Crippen LogP contribution in [0.5, 0.6) is 0 Å². The molecule has 4 fully saturated rings. The number of ketones is 1. The maximum Gasteiger partial charge on any atom is 0.136 e. The topological polar surface area (TPSA) is 98.0 Å². The van der Waals surface area contributed by atoms with Gasteiger partial charge in [0.1, 0.15) is 17.7 Å². The quantitative estimate of drug-likeness (QED) is 0.513. The number of hydrogen-bond donors (Lipinski definition) is 4. The predicted octanol–water partition coefficient (Wildman–Crippen LogP) is 4.03. The molecule has 35 heavy (non-hydrogen) atoms. The van der Waals surface area contributed by atoms with Crippen molar-refractivity contribution < 1.29 is 29.6 Å². The first-order valence-electron chi connectivity index (χ1n) is 13.5. The minimum absolute atomic E-state index is 0.0274. The summed E-state index contributed by atoms with van der Waals surface area (Å²) < 4.78 is 13.3. The lowest BCUT2D eigenvalue weighted by atomic mass is 9.44. The SMILES string of the molecule is C[C@H]([C@@H](O)[C@H](O)c1ccc(F)cc1)[C@H]1CC[C@H]2[C@@H]3CC(=O)C4C[C@H](O)[C@H](O)C[C@]4(C)[C@H]3CC[C@]12C. The second kappa shape index (κ2) is 8.90. The highest BCUT2D eigenvalue weighted by Crippen LogP contribution is 2.68. The standard InChI is InChI=1S/C29H41FO5/c1-15(26(34)27(35)16-4-6-17(30)7-5-16)19-8-9-20-18-12-23(31)22-13-24(32)25(33)14-29(22,3)21(18)10-11-28(19,20)2/h4-7,15,18-22,24-27,32-35H,8-14H2,1-3H3/t15-,18-,19+,20-,21-,22?,24-,25+,26+,27+,28+,29+/m0/s1. The fourth-order valence-electron chi connectivity index (χ4n) is 9.36.